The molecular formula is C13H16O2. The molecule has 0 saturated carbocycles. The van der Waals surface area contributed by atoms with Crippen molar-refractivity contribution in [3.63, 3.8) is 0 Å². The van der Waals surface area contributed by atoms with E-state index in [4.69, 9.17) is 4.74 Å². The van der Waals surface area contributed by atoms with Crippen LogP contribution < -0.4 is 0 Å². The van der Waals surface area contributed by atoms with Gasteiger partial charge in [-0.25, -0.2) is 4.79 Å². The third-order valence-corrected chi connectivity index (χ3v) is 2.16. The molecule has 0 aliphatic heterocycles. The van der Waals surface area contributed by atoms with Crippen molar-refractivity contribution >= 4 is 5.97 Å². The highest BCUT2D eigenvalue weighted by Crippen LogP contribution is 2.11. The van der Waals surface area contributed by atoms with Crippen molar-refractivity contribution in [2.24, 2.45) is 0 Å². The number of hydrogen-bond acceptors (Lipinski definition) is 2. The minimum Gasteiger partial charge on any atom is -0.465 e. The van der Waals surface area contributed by atoms with E-state index in [9.17, 15) is 4.79 Å². The van der Waals surface area contributed by atoms with Crippen LogP contribution in [0.1, 0.15) is 29.3 Å². The Balaban J connectivity index is 2.86. The van der Waals surface area contributed by atoms with Gasteiger partial charge in [0.05, 0.1) is 12.7 Å². The maximum absolute atomic E-state index is 11.4. The predicted octanol–water partition coefficient (Wildman–Crippen LogP) is 2.98. The number of methoxy groups -OCH3 is 1. The summed E-state index contributed by atoms with van der Waals surface area (Å²) in [6.07, 6.45) is 5.95. The number of carbonyl (C=O) groups excluding carboxylic acids is 1. The molecule has 0 aliphatic carbocycles. The van der Waals surface area contributed by atoms with E-state index in [2.05, 4.69) is 19.1 Å². The summed E-state index contributed by atoms with van der Waals surface area (Å²) in [5.41, 5.74) is 1.66. The molecule has 0 saturated heterocycles. The van der Waals surface area contributed by atoms with Crippen LogP contribution in [0.3, 0.4) is 0 Å². The smallest absolute Gasteiger partial charge is 0.338 e. The summed E-state index contributed by atoms with van der Waals surface area (Å²) >= 11 is 0. The van der Waals surface area contributed by atoms with Gasteiger partial charge in [-0.15, -0.1) is 0 Å². The lowest BCUT2D eigenvalue weighted by molar-refractivity contribution is 0.0599. The average molecular weight is 204 g/mol. The Morgan fingerprint density at radius 3 is 2.73 bits per heavy atom. The van der Waals surface area contributed by atoms with Crippen LogP contribution in [0.25, 0.3) is 0 Å². The second-order valence-corrected chi connectivity index (χ2v) is 3.23. The molecule has 0 spiro atoms. The molecule has 0 heterocycles. The first-order chi connectivity index (χ1) is 7.29. The Bertz CT molecular complexity index is 353. The summed E-state index contributed by atoms with van der Waals surface area (Å²) in [7, 11) is 1.40. The quantitative estimate of drug-likeness (QED) is 0.556. The molecule has 1 aromatic rings. The maximum Gasteiger partial charge on any atom is 0.338 e. The third kappa shape index (κ3) is 3.24. The summed E-state index contributed by atoms with van der Waals surface area (Å²) < 4.78 is 4.72. The van der Waals surface area contributed by atoms with E-state index in [0.717, 1.165) is 18.4 Å². The molecule has 2 heteroatoms. The van der Waals surface area contributed by atoms with Crippen LogP contribution in [0.5, 0.6) is 0 Å². The predicted molar refractivity (Wildman–Crippen MR) is 60.9 cm³/mol. The summed E-state index contributed by atoms with van der Waals surface area (Å²) in [6.45, 7) is 2.09. The monoisotopic (exact) mass is 204 g/mol. The Kier molecular flexibility index (Phi) is 4.61. The van der Waals surface area contributed by atoms with Crippen LogP contribution in [0.2, 0.25) is 0 Å². The van der Waals surface area contributed by atoms with E-state index >= 15 is 0 Å². The number of esters is 1. The van der Waals surface area contributed by atoms with Gasteiger partial charge in [-0.05, 0) is 24.5 Å². The first kappa shape index (κ1) is 11.5. The van der Waals surface area contributed by atoms with Crippen LogP contribution >= 0.6 is 0 Å². The van der Waals surface area contributed by atoms with Gasteiger partial charge in [-0.1, -0.05) is 37.3 Å². The van der Waals surface area contributed by atoms with Crippen molar-refractivity contribution in [1.29, 1.82) is 0 Å². The van der Waals surface area contributed by atoms with Crippen LogP contribution in [-0.4, -0.2) is 13.1 Å². The fraction of sp³-hybridized carbons (Fsp3) is 0.308. The normalized spacial score (nSPS) is 10.5. The lowest BCUT2D eigenvalue weighted by Crippen LogP contribution is -2.04. The number of carbonyl (C=O) groups is 1. The molecule has 0 radical (unpaired) electrons. The van der Waals surface area contributed by atoms with Crippen LogP contribution in [0.4, 0.5) is 0 Å². The number of hydrogen-bond donors (Lipinski definition) is 0. The fourth-order valence-electron chi connectivity index (χ4n) is 1.38. The number of allylic oxidation sites excluding steroid dienone is 2. The third-order valence-electron chi connectivity index (χ3n) is 2.16. The van der Waals surface area contributed by atoms with Crippen LogP contribution in [0.15, 0.2) is 36.4 Å². The van der Waals surface area contributed by atoms with Gasteiger partial charge >= 0.3 is 5.97 Å². The van der Waals surface area contributed by atoms with Crippen molar-refractivity contribution in [3.8, 4) is 0 Å². The van der Waals surface area contributed by atoms with Gasteiger partial charge in [-0.3, -0.25) is 0 Å². The first-order valence-corrected chi connectivity index (χ1v) is 5.10. The molecular weight excluding hydrogens is 188 g/mol. The Labute approximate surface area is 90.6 Å². The van der Waals surface area contributed by atoms with Crippen molar-refractivity contribution in [2.75, 3.05) is 7.11 Å². The van der Waals surface area contributed by atoms with E-state index in [-0.39, 0.29) is 5.97 Å². The molecule has 1 aromatic carbocycles. The van der Waals surface area contributed by atoms with E-state index < -0.39 is 0 Å². The standard InChI is InChI=1S/C13H16O2/c1-3-4-5-8-11-9-6-7-10-12(11)13(14)15-2/h4-7,9-10H,3,8H2,1-2H3/b5-4+. The Hall–Kier alpha value is -1.57. The summed E-state index contributed by atoms with van der Waals surface area (Å²) in [5.74, 6) is -0.268. The highest BCUT2D eigenvalue weighted by Gasteiger charge is 2.08. The molecule has 0 aliphatic rings. The van der Waals surface area contributed by atoms with E-state index in [0.29, 0.717) is 5.56 Å². The minimum atomic E-state index is -0.268. The fourth-order valence-corrected chi connectivity index (χ4v) is 1.38. The number of ether oxygens (including phenoxy) is 1. The first-order valence-electron chi connectivity index (χ1n) is 5.10. The summed E-state index contributed by atoms with van der Waals surface area (Å²) in [6, 6.07) is 7.52. The molecule has 15 heavy (non-hydrogen) atoms. The van der Waals surface area contributed by atoms with E-state index in [1.165, 1.54) is 7.11 Å². The highest BCUT2D eigenvalue weighted by atomic mass is 16.5. The molecule has 2 nitrogen and oxygen atoms in total. The zero-order chi connectivity index (χ0) is 11.1. The lowest BCUT2D eigenvalue weighted by Gasteiger charge is -2.04. The van der Waals surface area contributed by atoms with Gasteiger partial charge in [0.15, 0.2) is 0 Å². The Morgan fingerprint density at radius 2 is 2.07 bits per heavy atom. The maximum atomic E-state index is 11.4. The minimum absolute atomic E-state index is 0.268. The zero-order valence-corrected chi connectivity index (χ0v) is 9.19. The molecule has 0 amide bonds. The molecule has 0 bridgehead atoms. The largest absolute Gasteiger partial charge is 0.465 e. The number of rotatable bonds is 4. The van der Waals surface area contributed by atoms with Gasteiger partial charge in [0, 0.05) is 0 Å². The van der Waals surface area contributed by atoms with Gasteiger partial charge in [0.25, 0.3) is 0 Å². The topological polar surface area (TPSA) is 26.3 Å². The van der Waals surface area contributed by atoms with Gasteiger partial charge in [0.1, 0.15) is 0 Å². The van der Waals surface area contributed by atoms with E-state index in [1.54, 1.807) is 6.07 Å². The molecule has 0 atom stereocenters. The lowest BCUT2D eigenvalue weighted by atomic mass is 10.0. The van der Waals surface area contributed by atoms with Crippen molar-refractivity contribution in [3.05, 3.63) is 47.5 Å². The number of benzene rings is 1. The molecule has 0 unspecified atom stereocenters. The molecule has 80 valence electrons. The van der Waals surface area contributed by atoms with Gasteiger partial charge in [0.2, 0.25) is 0 Å². The second-order valence-electron chi connectivity index (χ2n) is 3.23. The molecule has 0 N–H and O–H groups in total. The molecule has 0 aromatic heterocycles. The van der Waals surface area contributed by atoms with Crippen molar-refractivity contribution < 1.29 is 9.53 Å². The van der Waals surface area contributed by atoms with Crippen LogP contribution in [0, 0.1) is 0 Å². The zero-order valence-electron chi connectivity index (χ0n) is 9.19. The van der Waals surface area contributed by atoms with Crippen molar-refractivity contribution in [2.45, 2.75) is 19.8 Å². The molecule has 1 rings (SSSR count). The van der Waals surface area contributed by atoms with Gasteiger partial charge in [-0.2, -0.15) is 0 Å². The average Bonchev–Trinajstić information content (AvgIpc) is 2.29. The summed E-state index contributed by atoms with van der Waals surface area (Å²) in [5, 5.41) is 0. The Morgan fingerprint density at radius 1 is 1.33 bits per heavy atom. The van der Waals surface area contributed by atoms with E-state index in [1.807, 2.05) is 18.2 Å². The summed E-state index contributed by atoms with van der Waals surface area (Å²) in [4.78, 5) is 11.4. The van der Waals surface area contributed by atoms with Gasteiger partial charge < -0.3 is 4.74 Å². The second kappa shape index (κ2) is 6.02. The highest BCUT2D eigenvalue weighted by molar-refractivity contribution is 5.91. The van der Waals surface area contributed by atoms with Crippen LogP contribution in [-0.2, 0) is 11.2 Å². The molecule has 0 fully saturated rings. The SMILES string of the molecule is CC/C=C/Cc1ccccc1C(=O)OC. The van der Waals surface area contributed by atoms with Crippen molar-refractivity contribution in [1.82, 2.24) is 0 Å².